The van der Waals surface area contributed by atoms with E-state index in [4.69, 9.17) is 0 Å². The van der Waals surface area contributed by atoms with E-state index in [2.05, 4.69) is 20.4 Å². The van der Waals surface area contributed by atoms with Crippen LogP contribution in [0.1, 0.15) is 25.7 Å². The van der Waals surface area contributed by atoms with Gasteiger partial charge in [0.1, 0.15) is 12.1 Å². The van der Waals surface area contributed by atoms with E-state index < -0.39 is 0 Å². The molecule has 3 rings (SSSR count). The molecule has 108 valence electrons. The Balaban J connectivity index is 1.73. The molecular formula is C14H21N5O. The molecule has 1 saturated carbocycles. The van der Waals surface area contributed by atoms with E-state index in [9.17, 15) is 5.11 Å². The van der Waals surface area contributed by atoms with Crippen LogP contribution in [-0.4, -0.2) is 38.0 Å². The lowest BCUT2D eigenvalue weighted by Gasteiger charge is -2.30. The average Bonchev–Trinajstić information content (AvgIpc) is 2.88. The minimum atomic E-state index is 0.290. The molecule has 1 aliphatic rings. The number of fused-ring (bicyclic) bond motifs is 1. The fourth-order valence-electron chi connectivity index (χ4n) is 3.12. The van der Waals surface area contributed by atoms with Crippen LogP contribution < -0.4 is 5.32 Å². The monoisotopic (exact) mass is 275 g/mol. The summed E-state index contributed by atoms with van der Waals surface area (Å²) in [6, 6.07) is 0. The summed E-state index contributed by atoms with van der Waals surface area (Å²) in [4.78, 5) is 8.55. The molecular weight excluding hydrogens is 254 g/mol. The van der Waals surface area contributed by atoms with Crippen LogP contribution in [0.3, 0.4) is 0 Å². The summed E-state index contributed by atoms with van der Waals surface area (Å²) >= 11 is 0. The summed E-state index contributed by atoms with van der Waals surface area (Å²) in [5.74, 6) is 1.78. The fourth-order valence-corrected chi connectivity index (χ4v) is 3.12. The van der Waals surface area contributed by atoms with Gasteiger partial charge in [-0.2, -0.15) is 5.10 Å². The van der Waals surface area contributed by atoms with Gasteiger partial charge in [0, 0.05) is 20.2 Å². The maximum atomic E-state index is 9.47. The van der Waals surface area contributed by atoms with Gasteiger partial charge >= 0.3 is 0 Å². The first-order chi connectivity index (χ1) is 9.79. The molecule has 2 heterocycles. The Morgan fingerprint density at radius 3 is 2.90 bits per heavy atom. The molecule has 0 amide bonds. The zero-order valence-corrected chi connectivity index (χ0v) is 11.8. The van der Waals surface area contributed by atoms with Crippen molar-refractivity contribution in [3.63, 3.8) is 0 Å². The summed E-state index contributed by atoms with van der Waals surface area (Å²) in [6.07, 6.45) is 8.17. The van der Waals surface area contributed by atoms with E-state index in [1.54, 1.807) is 17.2 Å². The highest BCUT2D eigenvalue weighted by molar-refractivity contribution is 5.85. The normalized spacial score (nSPS) is 23.1. The molecule has 2 N–H and O–H groups in total. The van der Waals surface area contributed by atoms with Gasteiger partial charge < -0.3 is 10.4 Å². The van der Waals surface area contributed by atoms with Crippen molar-refractivity contribution in [3.05, 3.63) is 12.5 Å². The van der Waals surface area contributed by atoms with Crippen LogP contribution in [0.25, 0.3) is 11.0 Å². The van der Waals surface area contributed by atoms with Crippen LogP contribution >= 0.6 is 0 Å². The van der Waals surface area contributed by atoms with E-state index in [0.29, 0.717) is 18.4 Å². The van der Waals surface area contributed by atoms with Crippen LogP contribution in [0, 0.1) is 11.8 Å². The predicted molar refractivity (Wildman–Crippen MR) is 77.3 cm³/mol. The molecule has 0 radical (unpaired) electrons. The minimum absolute atomic E-state index is 0.290. The molecule has 20 heavy (non-hydrogen) atoms. The van der Waals surface area contributed by atoms with E-state index in [1.165, 1.54) is 19.3 Å². The van der Waals surface area contributed by atoms with Crippen LogP contribution in [0.5, 0.6) is 0 Å². The second kappa shape index (κ2) is 5.75. The largest absolute Gasteiger partial charge is 0.396 e. The smallest absolute Gasteiger partial charge is 0.163 e. The van der Waals surface area contributed by atoms with Crippen LogP contribution in [0.15, 0.2) is 12.5 Å². The Hall–Kier alpha value is -1.69. The number of hydrogen-bond acceptors (Lipinski definition) is 5. The van der Waals surface area contributed by atoms with Gasteiger partial charge in [0.2, 0.25) is 0 Å². The minimum Gasteiger partial charge on any atom is -0.396 e. The third kappa shape index (κ3) is 2.47. The van der Waals surface area contributed by atoms with E-state index in [1.807, 2.05) is 7.05 Å². The van der Waals surface area contributed by atoms with Gasteiger partial charge in [-0.05, 0) is 24.7 Å². The number of nitrogens with one attached hydrogen (secondary N) is 1. The summed E-state index contributed by atoms with van der Waals surface area (Å²) in [7, 11) is 1.88. The number of rotatable bonds is 4. The molecule has 0 spiro atoms. The van der Waals surface area contributed by atoms with E-state index in [0.717, 1.165) is 29.8 Å². The molecule has 1 aliphatic carbocycles. The van der Waals surface area contributed by atoms with Crippen LogP contribution in [0.4, 0.5) is 5.82 Å². The van der Waals surface area contributed by atoms with Gasteiger partial charge in [-0.15, -0.1) is 0 Å². The van der Waals surface area contributed by atoms with Gasteiger partial charge in [-0.3, -0.25) is 4.68 Å². The van der Waals surface area contributed by atoms with Crippen molar-refractivity contribution >= 4 is 16.9 Å². The van der Waals surface area contributed by atoms with Gasteiger partial charge in [-0.1, -0.05) is 12.8 Å². The second-order valence-corrected chi connectivity index (χ2v) is 5.60. The zero-order valence-electron chi connectivity index (χ0n) is 11.8. The molecule has 0 bridgehead atoms. The molecule has 2 atom stereocenters. The lowest BCUT2D eigenvalue weighted by Crippen LogP contribution is -2.28. The van der Waals surface area contributed by atoms with Crippen LogP contribution in [-0.2, 0) is 7.05 Å². The number of anilines is 1. The molecule has 2 unspecified atom stereocenters. The van der Waals surface area contributed by atoms with E-state index in [-0.39, 0.29) is 0 Å². The van der Waals surface area contributed by atoms with Crippen LogP contribution in [0.2, 0.25) is 0 Å². The first-order valence-corrected chi connectivity index (χ1v) is 7.27. The number of aliphatic hydroxyl groups is 1. The number of aryl methyl sites for hydroxylation is 1. The lowest BCUT2D eigenvalue weighted by molar-refractivity contribution is 0.141. The standard InChI is InChI=1S/C14H21N5O/c1-19-14-12(7-18-19)13(16-9-17-14)15-6-10-4-2-3-5-11(10)8-20/h7,9-11,20H,2-6,8H2,1H3,(H,15,16,17). The fraction of sp³-hybridized carbons (Fsp3) is 0.643. The highest BCUT2D eigenvalue weighted by Gasteiger charge is 2.24. The third-order valence-electron chi connectivity index (χ3n) is 4.36. The molecule has 2 aromatic heterocycles. The molecule has 2 aromatic rings. The SMILES string of the molecule is Cn1ncc2c(NCC3CCCCC3CO)ncnc21. The van der Waals surface area contributed by atoms with Crippen molar-refractivity contribution in [1.29, 1.82) is 0 Å². The van der Waals surface area contributed by atoms with Gasteiger partial charge in [0.15, 0.2) is 5.65 Å². The molecule has 1 fully saturated rings. The second-order valence-electron chi connectivity index (χ2n) is 5.60. The lowest BCUT2D eigenvalue weighted by atomic mass is 9.79. The first-order valence-electron chi connectivity index (χ1n) is 7.27. The van der Waals surface area contributed by atoms with Crippen molar-refractivity contribution < 1.29 is 5.11 Å². The predicted octanol–water partition coefficient (Wildman–Crippen LogP) is 1.57. The highest BCUT2D eigenvalue weighted by atomic mass is 16.3. The Kier molecular flexibility index (Phi) is 3.82. The number of aliphatic hydroxyl groups excluding tert-OH is 1. The Morgan fingerprint density at radius 2 is 2.10 bits per heavy atom. The third-order valence-corrected chi connectivity index (χ3v) is 4.36. The summed E-state index contributed by atoms with van der Waals surface area (Å²) in [6.45, 7) is 1.14. The molecule has 6 nitrogen and oxygen atoms in total. The Bertz CT molecular complexity index is 582. The van der Waals surface area contributed by atoms with Gasteiger partial charge in [-0.25, -0.2) is 9.97 Å². The topological polar surface area (TPSA) is 75.9 Å². The molecule has 0 aliphatic heterocycles. The summed E-state index contributed by atoms with van der Waals surface area (Å²) < 4.78 is 1.75. The Morgan fingerprint density at radius 1 is 1.30 bits per heavy atom. The maximum Gasteiger partial charge on any atom is 0.163 e. The van der Waals surface area contributed by atoms with Crippen molar-refractivity contribution in [2.75, 3.05) is 18.5 Å². The number of hydrogen-bond donors (Lipinski definition) is 2. The summed E-state index contributed by atoms with van der Waals surface area (Å²) in [5, 5.41) is 18.1. The Labute approximate surface area is 118 Å². The van der Waals surface area contributed by atoms with Gasteiger partial charge in [0.25, 0.3) is 0 Å². The quantitative estimate of drug-likeness (QED) is 0.886. The highest BCUT2D eigenvalue weighted by Crippen LogP contribution is 2.30. The first kappa shape index (κ1) is 13.3. The molecule has 6 heteroatoms. The van der Waals surface area contributed by atoms with Crippen molar-refractivity contribution in [2.45, 2.75) is 25.7 Å². The summed E-state index contributed by atoms with van der Waals surface area (Å²) in [5.41, 5.74) is 0.838. The van der Waals surface area contributed by atoms with Crippen molar-refractivity contribution in [2.24, 2.45) is 18.9 Å². The van der Waals surface area contributed by atoms with Crippen molar-refractivity contribution in [3.8, 4) is 0 Å². The average molecular weight is 275 g/mol. The maximum absolute atomic E-state index is 9.47. The zero-order chi connectivity index (χ0) is 13.9. The molecule has 0 saturated heterocycles. The van der Waals surface area contributed by atoms with Gasteiger partial charge in [0.05, 0.1) is 11.6 Å². The molecule has 0 aromatic carbocycles. The van der Waals surface area contributed by atoms with E-state index >= 15 is 0 Å². The number of nitrogens with zero attached hydrogens (tertiary/aromatic N) is 4. The number of aromatic nitrogens is 4. The van der Waals surface area contributed by atoms with Crippen molar-refractivity contribution in [1.82, 2.24) is 19.7 Å².